The number of thiol groups is 1. The van der Waals surface area contributed by atoms with Gasteiger partial charge < -0.3 is 21.3 Å². The van der Waals surface area contributed by atoms with Gasteiger partial charge in [-0.15, -0.1) is 0 Å². The number of hydrogen-bond donors (Lipinski definition) is 5. The molecule has 0 aliphatic heterocycles. The molecule has 0 heterocycles. The van der Waals surface area contributed by atoms with Gasteiger partial charge in [-0.25, -0.2) is 9.69 Å². The zero-order chi connectivity index (χ0) is 16.6. The number of carbonyl (C=O) groups excluding carboxylic acids is 2. The molecule has 0 rings (SSSR count). The molecule has 21 heavy (non-hydrogen) atoms. The maximum atomic E-state index is 11.7. The number of aliphatic carboxylic acids is 1. The molecular formula is C11H19N3O6S. The van der Waals surface area contributed by atoms with Gasteiger partial charge in [-0.3, -0.25) is 14.4 Å². The van der Waals surface area contributed by atoms with E-state index in [1.807, 2.05) is 0 Å². The molecule has 0 aromatic heterocycles. The number of nitrogens with two attached hydrogens (primary N) is 1. The molecule has 0 aromatic carbocycles. The van der Waals surface area contributed by atoms with Gasteiger partial charge >= 0.3 is 12.1 Å². The molecule has 0 bridgehead atoms. The highest BCUT2D eigenvalue weighted by Gasteiger charge is 2.26. The van der Waals surface area contributed by atoms with Gasteiger partial charge in [0.1, 0.15) is 12.1 Å². The molecule has 2 unspecified atom stereocenters. The van der Waals surface area contributed by atoms with Crippen molar-refractivity contribution >= 4 is 36.5 Å². The van der Waals surface area contributed by atoms with E-state index in [-0.39, 0.29) is 25.0 Å². The number of rotatable bonds is 8. The maximum absolute atomic E-state index is 11.7. The SMILES string of the molecule is CN(C(=O)O)C(=O)C(CS)NC(=O)CCCC(N)C(=O)O. The highest BCUT2D eigenvalue weighted by atomic mass is 32.1. The fourth-order valence-corrected chi connectivity index (χ4v) is 1.63. The Kier molecular flexibility index (Phi) is 8.39. The first kappa shape index (κ1) is 19.2. The first-order valence-corrected chi connectivity index (χ1v) is 6.73. The molecule has 0 aliphatic carbocycles. The number of likely N-dealkylation sites (N-methyl/N-ethyl adjacent to an activating group) is 1. The summed E-state index contributed by atoms with van der Waals surface area (Å²) in [5.74, 6) is -2.51. The van der Waals surface area contributed by atoms with Crippen LogP contribution in [0.1, 0.15) is 19.3 Å². The van der Waals surface area contributed by atoms with Crippen molar-refractivity contribution in [2.24, 2.45) is 5.73 Å². The van der Waals surface area contributed by atoms with E-state index in [1.54, 1.807) is 0 Å². The van der Waals surface area contributed by atoms with Crippen LogP contribution in [0.4, 0.5) is 4.79 Å². The lowest BCUT2D eigenvalue weighted by atomic mass is 10.1. The summed E-state index contributed by atoms with van der Waals surface area (Å²) >= 11 is 3.89. The molecule has 9 nitrogen and oxygen atoms in total. The molecule has 0 saturated carbocycles. The summed E-state index contributed by atoms with van der Waals surface area (Å²) in [6.07, 6.45) is -1.10. The third-order valence-electron chi connectivity index (χ3n) is 2.67. The second-order valence-electron chi connectivity index (χ2n) is 4.32. The quantitative estimate of drug-likeness (QED) is 0.364. The van der Waals surface area contributed by atoms with Crippen molar-refractivity contribution in [1.82, 2.24) is 10.2 Å². The number of carboxylic acid groups (broad SMARTS) is 2. The number of imide groups is 1. The van der Waals surface area contributed by atoms with Gasteiger partial charge in [-0.2, -0.15) is 12.6 Å². The molecule has 0 saturated heterocycles. The number of hydrogen-bond acceptors (Lipinski definition) is 6. The second-order valence-corrected chi connectivity index (χ2v) is 4.68. The third kappa shape index (κ3) is 6.95. The van der Waals surface area contributed by atoms with Gasteiger partial charge in [0.05, 0.1) is 0 Å². The molecule has 10 heteroatoms. The Morgan fingerprint density at radius 2 is 1.86 bits per heavy atom. The lowest BCUT2D eigenvalue weighted by Crippen LogP contribution is -2.49. The van der Waals surface area contributed by atoms with E-state index < -0.39 is 36.0 Å². The number of amides is 3. The van der Waals surface area contributed by atoms with Crippen LogP contribution in [0, 0.1) is 0 Å². The van der Waals surface area contributed by atoms with E-state index >= 15 is 0 Å². The molecule has 0 radical (unpaired) electrons. The number of carboxylic acids is 1. The summed E-state index contributed by atoms with van der Waals surface area (Å²) < 4.78 is 0. The minimum Gasteiger partial charge on any atom is -0.480 e. The van der Waals surface area contributed by atoms with Crippen molar-refractivity contribution in [2.75, 3.05) is 12.8 Å². The Balaban J connectivity index is 4.30. The highest BCUT2D eigenvalue weighted by molar-refractivity contribution is 7.80. The van der Waals surface area contributed by atoms with Gasteiger partial charge in [-0.05, 0) is 12.8 Å². The molecule has 0 fully saturated rings. The molecule has 0 spiro atoms. The van der Waals surface area contributed by atoms with E-state index in [2.05, 4.69) is 17.9 Å². The van der Waals surface area contributed by atoms with Gasteiger partial charge in [-0.1, -0.05) is 0 Å². The topological polar surface area (TPSA) is 150 Å². The van der Waals surface area contributed by atoms with Crippen LogP contribution in [-0.2, 0) is 14.4 Å². The maximum Gasteiger partial charge on any atom is 0.413 e. The van der Waals surface area contributed by atoms with Gasteiger partial charge in [0.2, 0.25) is 5.91 Å². The van der Waals surface area contributed by atoms with Gasteiger partial charge in [0.15, 0.2) is 0 Å². The van der Waals surface area contributed by atoms with Crippen molar-refractivity contribution in [3.63, 3.8) is 0 Å². The van der Waals surface area contributed by atoms with E-state index in [1.165, 1.54) is 0 Å². The van der Waals surface area contributed by atoms with E-state index in [0.29, 0.717) is 4.90 Å². The molecule has 120 valence electrons. The number of carbonyl (C=O) groups is 4. The van der Waals surface area contributed by atoms with Gasteiger partial charge in [0, 0.05) is 19.2 Å². The van der Waals surface area contributed by atoms with Crippen LogP contribution in [-0.4, -0.2) is 63.9 Å². The summed E-state index contributed by atoms with van der Waals surface area (Å²) in [6, 6.07) is -2.10. The minimum absolute atomic E-state index is 0.0185. The predicted molar refractivity (Wildman–Crippen MR) is 76.0 cm³/mol. The first-order valence-electron chi connectivity index (χ1n) is 6.09. The van der Waals surface area contributed by atoms with Crippen LogP contribution >= 0.6 is 12.6 Å². The Bertz CT molecular complexity index is 417. The molecule has 2 atom stereocenters. The summed E-state index contributed by atoms with van der Waals surface area (Å²) in [6.45, 7) is 0. The summed E-state index contributed by atoms with van der Waals surface area (Å²) in [5, 5.41) is 19.6. The standard InChI is InChI=1S/C11H19N3O6S/c1-14(11(19)20)9(16)7(5-21)13-8(15)4-2-3-6(12)10(17)18/h6-7,21H,2-5,12H2,1H3,(H,13,15)(H,17,18)(H,19,20). The second kappa shape index (κ2) is 9.19. The fourth-order valence-electron chi connectivity index (χ4n) is 1.39. The van der Waals surface area contributed by atoms with Crippen LogP contribution in [0.3, 0.4) is 0 Å². The average Bonchev–Trinajstić information content (AvgIpc) is 2.42. The molecule has 3 amide bonds. The number of nitrogens with zero attached hydrogens (tertiary/aromatic N) is 1. The van der Waals surface area contributed by atoms with E-state index in [0.717, 1.165) is 7.05 Å². The van der Waals surface area contributed by atoms with Crippen molar-refractivity contribution in [2.45, 2.75) is 31.3 Å². The van der Waals surface area contributed by atoms with E-state index in [4.69, 9.17) is 15.9 Å². The van der Waals surface area contributed by atoms with Gasteiger partial charge in [0.25, 0.3) is 5.91 Å². The largest absolute Gasteiger partial charge is 0.480 e. The number of nitrogens with one attached hydrogen (secondary N) is 1. The Morgan fingerprint density at radius 1 is 1.29 bits per heavy atom. The fraction of sp³-hybridized carbons (Fsp3) is 0.636. The Hall–Kier alpha value is -1.81. The van der Waals surface area contributed by atoms with Crippen molar-refractivity contribution in [3.8, 4) is 0 Å². The lowest BCUT2D eigenvalue weighted by molar-refractivity contribution is -0.138. The van der Waals surface area contributed by atoms with E-state index in [9.17, 15) is 19.2 Å². The summed E-state index contributed by atoms with van der Waals surface area (Å²) in [5.41, 5.74) is 5.28. The molecule has 0 aliphatic rings. The lowest BCUT2D eigenvalue weighted by Gasteiger charge is -2.20. The molecular weight excluding hydrogens is 302 g/mol. The van der Waals surface area contributed by atoms with Crippen molar-refractivity contribution < 1.29 is 29.4 Å². The van der Waals surface area contributed by atoms with Crippen LogP contribution < -0.4 is 11.1 Å². The van der Waals surface area contributed by atoms with Crippen LogP contribution in [0.2, 0.25) is 0 Å². The zero-order valence-electron chi connectivity index (χ0n) is 11.5. The Morgan fingerprint density at radius 3 is 2.29 bits per heavy atom. The zero-order valence-corrected chi connectivity index (χ0v) is 12.4. The highest BCUT2D eigenvalue weighted by Crippen LogP contribution is 2.02. The molecule has 5 N–H and O–H groups in total. The smallest absolute Gasteiger partial charge is 0.413 e. The average molecular weight is 321 g/mol. The normalized spacial score (nSPS) is 13.1. The van der Waals surface area contributed by atoms with Crippen molar-refractivity contribution in [1.29, 1.82) is 0 Å². The summed E-state index contributed by atoms with van der Waals surface area (Å²) in [4.78, 5) is 44.9. The summed E-state index contributed by atoms with van der Waals surface area (Å²) in [7, 11) is 1.07. The van der Waals surface area contributed by atoms with Crippen LogP contribution in [0.15, 0.2) is 0 Å². The monoisotopic (exact) mass is 321 g/mol. The van der Waals surface area contributed by atoms with Crippen LogP contribution in [0.5, 0.6) is 0 Å². The first-order chi connectivity index (χ1) is 9.70. The Labute approximate surface area is 126 Å². The predicted octanol–water partition coefficient (Wildman–Crippen LogP) is -0.880. The third-order valence-corrected chi connectivity index (χ3v) is 3.03. The molecule has 0 aromatic rings. The van der Waals surface area contributed by atoms with Crippen molar-refractivity contribution in [3.05, 3.63) is 0 Å². The van der Waals surface area contributed by atoms with Crippen LogP contribution in [0.25, 0.3) is 0 Å². The minimum atomic E-state index is -1.44.